The molecule has 0 aliphatic carbocycles. The zero-order valence-electron chi connectivity index (χ0n) is 14.4. The summed E-state index contributed by atoms with van der Waals surface area (Å²) in [4.78, 5) is 16.5. The maximum atomic E-state index is 12.5. The molecular weight excluding hydrogens is 302 g/mol. The maximum absolute atomic E-state index is 12.5. The lowest BCUT2D eigenvalue weighted by Gasteiger charge is -2.35. The van der Waals surface area contributed by atoms with Gasteiger partial charge in [-0.1, -0.05) is 17.7 Å². The second-order valence-corrected chi connectivity index (χ2v) is 6.26. The Bertz CT molecular complexity index is 721. The summed E-state index contributed by atoms with van der Waals surface area (Å²) >= 11 is 0. The smallest absolute Gasteiger partial charge is 0.321 e. The minimum atomic E-state index is -0.0448. The molecule has 6 heteroatoms. The van der Waals surface area contributed by atoms with E-state index in [2.05, 4.69) is 26.5 Å². The van der Waals surface area contributed by atoms with Gasteiger partial charge in [0.2, 0.25) is 0 Å². The molecule has 0 atom stereocenters. The highest BCUT2D eigenvalue weighted by molar-refractivity contribution is 5.90. The third-order valence-corrected chi connectivity index (χ3v) is 4.30. The van der Waals surface area contributed by atoms with Gasteiger partial charge in [0.05, 0.1) is 5.69 Å². The third kappa shape index (κ3) is 3.64. The van der Waals surface area contributed by atoms with Gasteiger partial charge in [0.25, 0.3) is 0 Å². The van der Waals surface area contributed by atoms with Crippen LogP contribution in [0, 0.1) is 20.8 Å². The van der Waals surface area contributed by atoms with Crippen LogP contribution in [-0.4, -0.2) is 47.3 Å². The van der Waals surface area contributed by atoms with Crippen molar-refractivity contribution in [2.24, 2.45) is 0 Å². The SMILES string of the molecule is Cc1ccc(NC(=O)N2CCN(c3ccc(C)nn3)CC2)c(C)c1. The largest absolute Gasteiger partial charge is 0.352 e. The van der Waals surface area contributed by atoms with E-state index in [4.69, 9.17) is 0 Å². The Labute approximate surface area is 142 Å². The van der Waals surface area contributed by atoms with Crippen LogP contribution in [0.1, 0.15) is 16.8 Å². The summed E-state index contributed by atoms with van der Waals surface area (Å²) in [5, 5.41) is 11.3. The number of aromatic nitrogens is 2. The number of urea groups is 1. The van der Waals surface area contributed by atoms with Crippen LogP contribution in [0.25, 0.3) is 0 Å². The molecule has 1 aliphatic heterocycles. The molecule has 0 radical (unpaired) electrons. The van der Waals surface area contributed by atoms with Crippen LogP contribution in [0.2, 0.25) is 0 Å². The molecule has 1 aliphatic rings. The van der Waals surface area contributed by atoms with Crippen molar-refractivity contribution in [3.8, 4) is 0 Å². The van der Waals surface area contributed by atoms with Crippen molar-refractivity contribution >= 4 is 17.5 Å². The molecule has 0 unspecified atom stereocenters. The van der Waals surface area contributed by atoms with Gasteiger partial charge in [0, 0.05) is 31.9 Å². The molecule has 2 heterocycles. The molecule has 1 aromatic heterocycles. The number of rotatable bonds is 2. The Morgan fingerprint density at radius 2 is 1.75 bits per heavy atom. The number of hydrogen-bond acceptors (Lipinski definition) is 4. The van der Waals surface area contributed by atoms with Crippen molar-refractivity contribution in [2.45, 2.75) is 20.8 Å². The van der Waals surface area contributed by atoms with Gasteiger partial charge in [0.1, 0.15) is 0 Å². The molecule has 6 nitrogen and oxygen atoms in total. The Kier molecular flexibility index (Phi) is 4.64. The van der Waals surface area contributed by atoms with Gasteiger partial charge in [-0.15, -0.1) is 5.10 Å². The molecule has 126 valence electrons. The highest BCUT2D eigenvalue weighted by atomic mass is 16.2. The molecule has 0 spiro atoms. The first kappa shape index (κ1) is 16.2. The number of piperazine rings is 1. The summed E-state index contributed by atoms with van der Waals surface area (Å²) in [6.07, 6.45) is 0. The average molecular weight is 325 g/mol. The molecule has 1 aromatic carbocycles. The van der Waals surface area contributed by atoms with Gasteiger partial charge in [-0.3, -0.25) is 0 Å². The van der Waals surface area contributed by atoms with Crippen molar-refractivity contribution in [1.29, 1.82) is 0 Å². The van der Waals surface area contributed by atoms with Crippen molar-refractivity contribution < 1.29 is 4.79 Å². The lowest BCUT2D eigenvalue weighted by atomic mass is 10.1. The van der Waals surface area contributed by atoms with Crippen LogP contribution in [-0.2, 0) is 0 Å². The number of amides is 2. The average Bonchev–Trinajstić information content (AvgIpc) is 2.58. The first-order valence-corrected chi connectivity index (χ1v) is 8.21. The fourth-order valence-electron chi connectivity index (χ4n) is 2.85. The van der Waals surface area contributed by atoms with E-state index in [1.165, 1.54) is 5.56 Å². The fraction of sp³-hybridized carbons (Fsp3) is 0.389. The van der Waals surface area contributed by atoms with Gasteiger partial charge in [-0.2, -0.15) is 5.10 Å². The zero-order chi connectivity index (χ0) is 17.1. The van der Waals surface area contributed by atoms with Crippen molar-refractivity contribution in [2.75, 3.05) is 36.4 Å². The van der Waals surface area contributed by atoms with Gasteiger partial charge < -0.3 is 15.1 Å². The number of carbonyl (C=O) groups excluding carboxylic acids is 1. The number of anilines is 2. The normalized spacial score (nSPS) is 14.6. The van der Waals surface area contributed by atoms with E-state index in [1.54, 1.807) is 0 Å². The zero-order valence-corrected chi connectivity index (χ0v) is 14.4. The summed E-state index contributed by atoms with van der Waals surface area (Å²) in [6.45, 7) is 8.85. The molecule has 0 saturated carbocycles. The van der Waals surface area contributed by atoms with Gasteiger partial charge in [-0.25, -0.2) is 4.79 Å². The molecule has 0 bridgehead atoms. The van der Waals surface area contributed by atoms with E-state index in [-0.39, 0.29) is 6.03 Å². The molecule has 24 heavy (non-hydrogen) atoms. The highest BCUT2D eigenvalue weighted by Crippen LogP contribution is 2.18. The van der Waals surface area contributed by atoms with Crippen molar-refractivity contribution in [3.05, 3.63) is 47.2 Å². The Morgan fingerprint density at radius 3 is 2.38 bits per heavy atom. The number of aryl methyl sites for hydroxylation is 3. The predicted molar refractivity (Wildman–Crippen MR) is 95.5 cm³/mol. The van der Waals surface area contributed by atoms with E-state index in [1.807, 2.05) is 49.9 Å². The molecule has 3 rings (SSSR count). The van der Waals surface area contributed by atoms with Gasteiger partial charge in [0.15, 0.2) is 5.82 Å². The van der Waals surface area contributed by atoms with Crippen LogP contribution in [0.3, 0.4) is 0 Å². The highest BCUT2D eigenvalue weighted by Gasteiger charge is 2.22. The quantitative estimate of drug-likeness (QED) is 0.922. The van der Waals surface area contributed by atoms with E-state index in [9.17, 15) is 4.79 Å². The molecular formula is C18H23N5O. The second kappa shape index (κ2) is 6.86. The monoisotopic (exact) mass is 325 g/mol. The molecule has 2 aromatic rings. The first-order chi connectivity index (χ1) is 11.5. The van der Waals surface area contributed by atoms with E-state index < -0.39 is 0 Å². The number of hydrogen-bond donors (Lipinski definition) is 1. The summed E-state index contributed by atoms with van der Waals surface area (Å²) in [5.41, 5.74) is 4.05. The van der Waals surface area contributed by atoms with Crippen LogP contribution in [0.5, 0.6) is 0 Å². The topological polar surface area (TPSA) is 61.4 Å². The summed E-state index contributed by atoms with van der Waals surface area (Å²) < 4.78 is 0. The third-order valence-electron chi connectivity index (χ3n) is 4.30. The van der Waals surface area contributed by atoms with E-state index in [0.717, 1.165) is 35.9 Å². The molecule has 1 saturated heterocycles. The Hall–Kier alpha value is -2.63. The van der Waals surface area contributed by atoms with Crippen molar-refractivity contribution in [1.82, 2.24) is 15.1 Å². The van der Waals surface area contributed by atoms with E-state index in [0.29, 0.717) is 13.1 Å². The van der Waals surface area contributed by atoms with Gasteiger partial charge >= 0.3 is 6.03 Å². The minimum absolute atomic E-state index is 0.0448. The Morgan fingerprint density at radius 1 is 1.00 bits per heavy atom. The number of carbonyl (C=O) groups is 1. The predicted octanol–water partition coefficient (Wildman–Crippen LogP) is 2.76. The maximum Gasteiger partial charge on any atom is 0.321 e. The summed E-state index contributed by atoms with van der Waals surface area (Å²) in [7, 11) is 0. The summed E-state index contributed by atoms with van der Waals surface area (Å²) in [5.74, 6) is 0.870. The van der Waals surface area contributed by atoms with Crippen LogP contribution >= 0.6 is 0 Å². The van der Waals surface area contributed by atoms with Crippen LogP contribution in [0.15, 0.2) is 30.3 Å². The lowest BCUT2D eigenvalue weighted by Crippen LogP contribution is -2.50. The second-order valence-electron chi connectivity index (χ2n) is 6.26. The number of benzene rings is 1. The number of nitrogens with one attached hydrogen (secondary N) is 1. The lowest BCUT2D eigenvalue weighted by molar-refractivity contribution is 0.208. The number of nitrogens with zero attached hydrogens (tertiary/aromatic N) is 4. The van der Waals surface area contributed by atoms with Crippen LogP contribution in [0.4, 0.5) is 16.3 Å². The fourth-order valence-corrected chi connectivity index (χ4v) is 2.85. The van der Waals surface area contributed by atoms with Gasteiger partial charge in [-0.05, 0) is 44.5 Å². The van der Waals surface area contributed by atoms with Crippen molar-refractivity contribution in [3.63, 3.8) is 0 Å². The van der Waals surface area contributed by atoms with Crippen LogP contribution < -0.4 is 10.2 Å². The molecule has 1 fully saturated rings. The Balaban J connectivity index is 1.58. The standard InChI is InChI=1S/C18H23N5O/c1-13-4-6-16(14(2)12-13)19-18(24)23-10-8-22(9-11-23)17-7-5-15(3)20-21-17/h4-7,12H,8-11H2,1-3H3,(H,19,24). The first-order valence-electron chi connectivity index (χ1n) is 8.21. The molecule has 2 amide bonds. The molecule has 1 N–H and O–H groups in total. The van der Waals surface area contributed by atoms with E-state index >= 15 is 0 Å². The summed E-state index contributed by atoms with van der Waals surface area (Å²) in [6, 6.07) is 9.94. The minimum Gasteiger partial charge on any atom is -0.352 e.